The van der Waals surface area contributed by atoms with E-state index in [1.54, 1.807) is 23.1 Å². The predicted octanol–water partition coefficient (Wildman–Crippen LogP) is 6.69. The zero-order valence-electron chi connectivity index (χ0n) is 17.3. The molecule has 9 heteroatoms. The molecule has 2 aromatic carbocycles. The van der Waals surface area contributed by atoms with E-state index >= 15 is 0 Å². The number of hydrogen-bond acceptors (Lipinski definition) is 5. The number of carbonyl (C=O) groups is 1. The van der Waals surface area contributed by atoms with Gasteiger partial charge in [-0.25, -0.2) is 0 Å². The number of nitrogens with zero attached hydrogens (tertiary/aromatic N) is 2. The van der Waals surface area contributed by atoms with Crippen LogP contribution in [0.5, 0.6) is 5.75 Å². The molecule has 2 aromatic rings. The molecule has 0 bridgehead atoms. The lowest BCUT2D eigenvalue weighted by molar-refractivity contribution is -0.113. The lowest BCUT2D eigenvalue weighted by Crippen LogP contribution is -2.27. The SMILES string of the molecule is Cl.O=C1/C(=C/c2ccc(Cl)c(Cl)c2)SC(=S)N1c1ccc(OCCCN2CCCC2)cc1. The Bertz CT molecular complexity index is 1010. The number of amides is 1. The third kappa shape index (κ3) is 6.19. The van der Waals surface area contributed by atoms with Gasteiger partial charge in [0.2, 0.25) is 0 Å². The fourth-order valence-electron chi connectivity index (χ4n) is 3.62. The van der Waals surface area contributed by atoms with Gasteiger partial charge in [0.05, 0.1) is 27.2 Å². The Kier molecular flexibility index (Phi) is 9.29. The third-order valence-electron chi connectivity index (χ3n) is 5.22. The average molecular weight is 530 g/mol. The Morgan fingerprint density at radius 3 is 2.47 bits per heavy atom. The summed E-state index contributed by atoms with van der Waals surface area (Å²) in [6.07, 6.45) is 5.40. The monoisotopic (exact) mass is 528 g/mol. The Balaban J connectivity index is 0.00000289. The van der Waals surface area contributed by atoms with Crippen molar-refractivity contribution in [3.63, 3.8) is 0 Å². The van der Waals surface area contributed by atoms with Crippen molar-refractivity contribution in [3.8, 4) is 5.75 Å². The molecule has 1 amide bonds. The highest BCUT2D eigenvalue weighted by Gasteiger charge is 2.33. The first-order valence-electron chi connectivity index (χ1n) is 10.2. The molecule has 0 saturated carbocycles. The van der Waals surface area contributed by atoms with Gasteiger partial charge in [-0.3, -0.25) is 9.69 Å². The van der Waals surface area contributed by atoms with Crippen LogP contribution in [-0.2, 0) is 4.79 Å². The van der Waals surface area contributed by atoms with Crippen molar-refractivity contribution in [1.82, 2.24) is 4.90 Å². The molecule has 0 N–H and O–H groups in total. The Labute approximate surface area is 214 Å². The summed E-state index contributed by atoms with van der Waals surface area (Å²) in [6.45, 7) is 4.18. The fourth-order valence-corrected chi connectivity index (χ4v) is 5.23. The molecule has 0 radical (unpaired) electrons. The summed E-state index contributed by atoms with van der Waals surface area (Å²) in [6, 6.07) is 12.7. The molecule has 2 heterocycles. The fraction of sp³-hybridized carbons (Fsp3) is 0.304. The van der Waals surface area contributed by atoms with Gasteiger partial charge in [-0.15, -0.1) is 12.4 Å². The van der Waals surface area contributed by atoms with Crippen molar-refractivity contribution in [2.75, 3.05) is 31.1 Å². The first-order valence-corrected chi connectivity index (χ1v) is 12.2. The zero-order chi connectivity index (χ0) is 21.8. The van der Waals surface area contributed by atoms with Crippen LogP contribution in [-0.4, -0.2) is 41.4 Å². The maximum Gasteiger partial charge on any atom is 0.270 e. The summed E-state index contributed by atoms with van der Waals surface area (Å²) in [7, 11) is 0. The maximum atomic E-state index is 12.9. The molecule has 0 atom stereocenters. The van der Waals surface area contributed by atoms with E-state index < -0.39 is 0 Å². The van der Waals surface area contributed by atoms with E-state index in [0.717, 1.165) is 30.0 Å². The van der Waals surface area contributed by atoms with Crippen LogP contribution >= 0.6 is 59.6 Å². The van der Waals surface area contributed by atoms with E-state index in [2.05, 4.69) is 4.90 Å². The summed E-state index contributed by atoms with van der Waals surface area (Å²) in [4.78, 5) is 17.5. The number of thiocarbonyl (C=S) groups is 1. The molecule has 0 unspecified atom stereocenters. The van der Waals surface area contributed by atoms with E-state index in [-0.39, 0.29) is 18.3 Å². The highest BCUT2D eigenvalue weighted by molar-refractivity contribution is 8.27. The maximum absolute atomic E-state index is 12.9. The number of hydrogen-bond donors (Lipinski definition) is 0. The van der Waals surface area contributed by atoms with Crippen molar-refractivity contribution in [2.24, 2.45) is 0 Å². The molecule has 2 saturated heterocycles. The standard InChI is InChI=1S/C23H22Cl2N2O2S2.ClH/c24-19-9-4-16(14-20(19)25)15-21-22(28)27(23(30)31-21)17-5-7-18(8-6-17)29-13-3-12-26-10-1-2-11-26;/h4-9,14-15H,1-3,10-13H2;1H/b21-15-;. The molecular weight excluding hydrogens is 507 g/mol. The Morgan fingerprint density at radius 2 is 1.78 bits per heavy atom. The van der Waals surface area contributed by atoms with Gasteiger partial charge >= 0.3 is 0 Å². The molecule has 2 aliphatic rings. The number of thioether (sulfide) groups is 1. The number of halogens is 3. The first kappa shape index (κ1) is 25.3. The first-order chi connectivity index (χ1) is 15.0. The van der Waals surface area contributed by atoms with Crippen molar-refractivity contribution < 1.29 is 9.53 Å². The van der Waals surface area contributed by atoms with Crippen LogP contribution in [0.15, 0.2) is 47.4 Å². The van der Waals surface area contributed by atoms with Crippen LogP contribution in [0.3, 0.4) is 0 Å². The van der Waals surface area contributed by atoms with Crippen LogP contribution in [0.2, 0.25) is 10.0 Å². The third-order valence-corrected chi connectivity index (χ3v) is 7.26. The summed E-state index contributed by atoms with van der Waals surface area (Å²) in [5.41, 5.74) is 1.53. The van der Waals surface area contributed by atoms with Gasteiger partial charge in [0.15, 0.2) is 4.32 Å². The van der Waals surface area contributed by atoms with Gasteiger partial charge in [-0.1, -0.05) is 53.2 Å². The van der Waals surface area contributed by atoms with Gasteiger partial charge in [-0.05, 0) is 80.4 Å². The topological polar surface area (TPSA) is 32.8 Å². The van der Waals surface area contributed by atoms with Crippen molar-refractivity contribution in [3.05, 3.63) is 63.0 Å². The summed E-state index contributed by atoms with van der Waals surface area (Å²) >= 11 is 18.8. The van der Waals surface area contributed by atoms with Gasteiger partial charge < -0.3 is 9.64 Å². The second-order valence-electron chi connectivity index (χ2n) is 7.44. The van der Waals surface area contributed by atoms with Gasteiger partial charge in [0.25, 0.3) is 5.91 Å². The number of rotatable bonds is 7. The van der Waals surface area contributed by atoms with Gasteiger partial charge in [0, 0.05) is 6.54 Å². The normalized spacial score (nSPS) is 17.8. The lowest BCUT2D eigenvalue weighted by Gasteiger charge is -2.16. The molecular formula is C23H23Cl3N2O2S2. The zero-order valence-corrected chi connectivity index (χ0v) is 21.2. The predicted molar refractivity (Wildman–Crippen MR) is 142 cm³/mol. The van der Waals surface area contributed by atoms with Gasteiger partial charge in [0.1, 0.15) is 5.75 Å². The van der Waals surface area contributed by atoms with E-state index in [9.17, 15) is 4.79 Å². The lowest BCUT2D eigenvalue weighted by atomic mass is 10.2. The quantitative estimate of drug-likeness (QED) is 0.227. The second kappa shape index (κ2) is 11.7. The minimum Gasteiger partial charge on any atom is -0.494 e. The second-order valence-corrected chi connectivity index (χ2v) is 9.93. The van der Waals surface area contributed by atoms with Gasteiger partial charge in [-0.2, -0.15) is 0 Å². The molecule has 0 aliphatic carbocycles. The highest BCUT2D eigenvalue weighted by atomic mass is 35.5. The van der Waals surface area contributed by atoms with Crippen molar-refractivity contribution in [1.29, 1.82) is 0 Å². The number of carbonyl (C=O) groups excluding carboxylic acids is 1. The van der Waals surface area contributed by atoms with Crippen LogP contribution in [0, 0.1) is 0 Å². The Morgan fingerprint density at radius 1 is 1.06 bits per heavy atom. The van der Waals surface area contributed by atoms with Crippen LogP contribution in [0.4, 0.5) is 5.69 Å². The molecule has 4 rings (SSSR count). The molecule has 0 spiro atoms. The van der Waals surface area contributed by atoms with Crippen LogP contribution in [0.25, 0.3) is 6.08 Å². The number of ether oxygens (including phenoxy) is 1. The summed E-state index contributed by atoms with van der Waals surface area (Å²) in [5.74, 6) is 0.641. The highest BCUT2D eigenvalue weighted by Crippen LogP contribution is 2.37. The average Bonchev–Trinajstić information content (AvgIpc) is 3.37. The molecule has 32 heavy (non-hydrogen) atoms. The Hall–Kier alpha value is -1.28. The molecule has 4 nitrogen and oxygen atoms in total. The largest absolute Gasteiger partial charge is 0.494 e. The van der Waals surface area contributed by atoms with E-state index in [1.165, 1.54) is 37.7 Å². The molecule has 170 valence electrons. The van der Waals surface area contributed by atoms with E-state index in [0.29, 0.717) is 25.9 Å². The molecule has 2 aliphatic heterocycles. The summed E-state index contributed by atoms with van der Waals surface area (Å²) < 4.78 is 6.35. The van der Waals surface area contributed by atoms with Crippen molar-refractivity contribution in [2.45, 2.75) is 19.3 Å². The number of benzene rings is 2. The van der Waals surface area contributed by atoms with E-state index in [4.69, 9.17) is 40.2 Å². The minimum absolute atomic E-state index is 0. The van der Waals surface area contributed by atoms with Crippen LogP contribution in [0.1, 0.15) is 24.8 Å². The molecule has 2 fully saturated rings. The summed E-state index contributed by atoms with van der Waals surface area (Å²) in [5, 5.41) is 0.923. The minimum atomic E-state index is -0.152. The molecule has 0 aromatic heterocycles. The number of likely N-dealkylation sites (tertiary alicyclic amines) is 1. The van der Waals surface area contributed by atoms with E-state index in [1.807, 2.05) is 30.3 Å². The van der Waals surface area contributed by atoms with Crippen molar-refractivity contribution >= 4 is 81.6 Å². The smallest absolute Gasteiger partial charge is 0.270 e. The number of anilines is 1. The van der Waals surface area contributed by atoms with Crippen LogP contribution < -0.4 is 9.64 Å².